The molecule has 1 aliphatic rings. The van der Waals surface area contributed by atoms with Gasteiger partial charge in [0.05, 0.1) is 11.4 Å². The fraction of sp³-hybridized carbons (Fsp3) is 0.500. The number of aryl methyl sites for hydroxylation is 1. The molecule has 0 unspecified atom stereocenters. The van der Waals surface area contributed by atoms with Gasteiger partial charge in [0, 0.05) is 48.3 Å². The molecule has 2 aromatic rings. The predicted molar refractivity (Wildman–Crippen MR) is 107 cm³/mol. The molecule has 1 fully saturated rings. The van der Waals surface area contributed by atoms with Crippen LogP contribution >= 0.6 is 0 Å². The largest absolute Gasteiger partial charge is 0.345 e. The third kappa shape index (κ3) is 3.71. The lowest BCUT2D eigenvalue weighted by Gasteiger charge is -2.19. The Labute approximate surface area is 165 Å². The first-order valence-electron chi connectivity index (χ1n) is 9.63. The summed E-state index contributed by atoms with van der Waals surface area (Å²) in [5, 5.41) is 0. The molecular weight excluding hydrogens is 378 g/mol. The minimum atomic E-state index is -3.70. The highest BCUT2D eigenvalue weighted by atomic mass is 32.2. The van der Waals surface area contributed by atoms with Gasteiger partial charge in [-0.05, 0) is 38.8 Å². The van der Waals surface area contributed by atoms with Gasteiger partial charge in [0.25, 0.3) is 5.56 Å². The maximum Gasteiger partial charge on any atom is 0.251 e. The molecule has 28 heavy (non-hydrogen) atoms. The molecule has 2 heterocycles. The van der Waals surface area contributed by atoms with Crippen LogP contribution in [0.5, 0.6) is 0 Å². The summed E-state index contributed by atoms with van der Waals surface area (Å²) in [6, 6.07) is 4.83. The van der Waals surface area contributed by atoms with E-state index in [4.69, 9.17) is 0 Å². The van der Waals surface area contributed by atoms with Crippen LogP contribution in [0.15, 0.2) is 34.1 Å². The van der Waals surface area contributed by atoms with Gasteiger partial charge in [-0.3, -0.25) is 9.59 Å². The van der Waals surface area contributed by atoms with Crippen molar-refractivity contribution >= 4 is 15.8 Å². The lowest BCUT2D eigenvalue weighted by atomic mass is 10.1. The Morgan fingerprint density at radius 2 is 1.82 bits per heavy atom. The molecule has 2 aromatic heterocycles. The van der Waals surface area contributed by atoms with Crippen molar-refractivity contribution in [3.63, 3.8) is 0 Å². The van der Waals surface area contributed by atoms with Crippen LogP contribution in [0.1, 0.15) is 54.5 Å². The maximum absolute atomic E-state index is 12.9. The zero-order valence-corrected chi connectivity index (χ0v) is 17.6. The van der Waals surface area contributed by atoms with Crippen LogP contribution < -0.4 is 5.56 Å². The maximum atomic E-state index is 12.9. The molecule has 0 amide bonds. The number of pyridine rings is 1. The molecule has 0 radical (unpaired) electrons. The van der Waals surface area contributed by atoms with Crippen LogP contribution in [-0.2, 0) is 16.6 Å². The van der Waals surface area contributed by atoms with Gasteiger partial charge in [-0.2, -0.15) is 4.31 Å². The molecule has 0 aromatic carbocycles. The number of ketones is 1. The SMILES string of the molecule is CCN(CC)S(=O)(=O)c1ccc(=O)n(CC(=O)c2cc(C)n(C3CC3)c2C)c1. The van der Waals surface area contributed by atoms with Gasteiger partial charge >= 0.3 is 0 Å². The van der Waals surface area contributed by atoms with Gasteiger partial charge in [0.2, 0.25) is 10.0 Å². The fourth-order valence-corrected chi connectivity index (χ4v) is 5.17. The van der Waals surface area contributed by atoms with Gasteiger partial charge in [-0.15, -0.1) is 0 Å². The molecule has 0 spiro atoms. The van der Waals surface area contributed by atoms with E-state index in [2.05, 4.69) is 4.57 Å². The first-order valence-corrected chi connectivity index (χ1v) is 11.1. The van der Waals surface area contributed by atoms with E-state index in [1.165, 1.54) is 27.2 Å². The van der Waals surface area contributed by atoms with Crippen molar-refractivity contribution in [3.8, 4) is 0 Å². The highest BCUT2D eigenvalue weighted by molar-refractivity contribution is 7.89. The second kappa shape index (κ2) is 7.67. The Balaban J connectivity index is 1.92. The first-order chi connectivity index (χ1) is 13.2. The van der Waals surface area contributed by atoms with Crippen molar-refractivity contribution in [1.29, 1.82) is 0 Å². The number of rotatable bonds is 8. The van der Waals surface area contributed by atoms with Crippen LogP contribution in [0.25, 0.3) is 0 Å². The molecule has 0 aliphatic heterocycles. The summed E-state index contributed by atoms with van der Waals surface area (Å²) in [7, 11) is -3.70. The zero-order valence-electron chi connectivity index (χ0n) is 16.8. The number of Topliss-reactive ketones (excluding diaryl/α,β-unsaturated/α-hetero) is 1. The van der Waals surface area contributed by atoms with Crippen LogP contribution in [0.4, 0.5) is 0 Å². The summed E-state index contributed by atoms with van der Waals surface area (Å²) >= 11 is 0. The number of aromatic nitrogens is 2. The quantitative estimate of drug-likeness (QED) is 0.632. The second-order valence-corrected chi connectivity index (χ2v) is 9.17. The van der Waals surface area contributed by atoms with E-state index in [-0.39, 0.29) is 17.2 Å². The Bertz CT molecular complexity index is 1060. The number of hydrogen-bond donors (Lipinski definition) is 0. The Morgan fingerprint density at radius 1 is 1.18 bits per heavy atom. The molecule has 8 heteroatoms. The van der Waals surface area contributed by atoms with Crippen LogP contribution in [0.3, 0.4) is 0 Å². The molecule has 1 saturated carbocycles. The van der Waals surface area contributed by atoms with Gasteiger partial charge in [0.15, 0.2) is 5.78 Å². The van der Waals surface area contributed by atoms with Crippen molar-refractivity contribution in [2.45, 2.75) is 58.0 Å². The van der Waals surface area contributed by atoms with E-state index in [1.54, 1.807) is 13.8 Å². The van der Waals surface area contributed by atoms with Crippen LogP contribution in [0.2, 0.25) is 0 Å². The standard InChI is InChI=1S/C20H27N3O4S/c1-5-22(6-2)28(26,27)17-9-10-20(25)21(12-17)13-19(24)18-11-14(3)23(15(18)4)16-7-8-16/h9-12,16H,5-8,13H2,1-4H3. The predicted octanol–water partition coefficient (Wildman–Crippen LogP) is 2.51. The van der Waals surface area contributed by atoms with Crippen molar-refractivity contribution in [2.24, 2.45) is 0 Å². The van der Waals surface area contributed by atoms with E-state index in [1.807, 2.05) is 19.9 Å². The summed E-state index contributed by atoms with van der Waals surface area (Å²) in [6.45, 7) is 7.91. The Kier molecular flexibility index (Phi) is 5.63. The van der Waals surface area contributed by atoms with E-state index >= 15 is 0 Å². The summed E-state index contributed by atoms with van der Waals surface area (Å²) in [5.41, 5.74) is 2.13. The number of carbonyl (C=O) groups is 1. The van der Waals surface area contributed by atoms with E-state index in [0.29, 0.717) is 24.7 Å². The smallest absolute Gasteiger partial charge is 0.251 e. The van der Waals surface area contributed by atoms with Gasteiger partial charge in [0.1, 0.15) is 0 Å². The summed E-state index contributed by atoms with van der Waals surface area (Å²) < 4.78 is 30.1. The summed E-state index contributed by atoms with van der Waals surface area (Å²) in [4.78, 5) is 25.1. The van der Waals surface area contributed by atoms with Crippen molar-refractivity contribution in [2.75, 3.05) is 13.1 Å². The molecule has 0 bridgehead atoms. The number of hydrogen-bond acceptors (Lipinski definition) is 4. The van der Waals surface area contributed by atoms with E-state index in [0.717, 1.165) is 24.2 Å². The zero-order chi connectivity index (χ0) is 20.6. The Hall–Kier alpha value is -2.19. The first kappa shape index (κ1) is 20.5. The molecule has 0 atom stereocenters. The van der Waals surface area contributed by atoms with Gasteiger partial charge in [-0.1, -0.05) is 13.8 Å². The lowest BCUT2D eigenvalue weighted by molar-refractivity contribution is 0.0969. The third-order valence-electron chi connectivity index (χ3n) is 5.31. The summed E-state index contributed by atoms with van der Waals surface area (Å²) in [5.74, 6) is -0.195. The monoisotopic (exact) mass is 405 g/mol. The number of sulfonamides is 1. The normalized spacial score (nSPS) is 14.6. The highest BCUT2D eigenvalue weighted by Crippen LogP contribution is 2.38. The van der Waals surface area contributed by atoms with Crippen molar-refractivity contribution in [1.82, 2.24) is 13.4 Å². The van der Waals surface area contributed by atoms with Gasteiger partial charge in [-0.25, -0.2) is 8.42 Å². The topological polar surface area (TPSA) is 81.4 Å². The average molecular weight is 406 g/mol. The van der Waals surface area contributed by atoms with E-state index < -0.39 is 15.6 Å². The van der Waals surface area contributed by atoms with Crippen molar-refractivity contribution < 1.29 is 13.2 Å². The minimum Gasteiger partial charge on any atom is -0.345 e. The molecule has 7 nitrogen and oxygen atoms in total. The van der Waals surface area contributed by atoms with Crippen molar-refractivity contribution in [3.05, 3.63) is 51.7 Å². The van der Waals surface area contributed by atoms with Crippen LogP contribution in [0, 0.1) is 13.8 Å². The second-order valence-electron chi connectivity index (χ2n) is 7.23. The summed E-state index contributed by atoms with van der Waals surface area (Å²) in [6.07, 6.45) is 3.51. The van der Waals surface area contributed by atoms with E-state index in [9.17, 15) is 18.0 Å². The lowest BCUT2D eigenvalue weighted by Crippen LogP contribution is -2.32. The highest BCUT2D eigenvalue weighted by Gasteiger charge is 2.28. The molecule has 0 saturated heterocycles. The minimum absolute atomic E-state index is 0.0204. The molecular formula is C20H27N3O4S. The third-order valence-corrected chi connectivity index (χ3v) is 7.34. The fourth-order valence-electron chi connectivity index (χ4n) is 3.69. The van der Waals surface area contributed by atoms with Gasteiger partial charge < -0.3 is 9.13 Å². The number of carbonyl (C=O) groups excluding carboxylic acids is 1. The Morgan fingerprint density at radius 3 is 2.39 bits per heavy atom. The van der Waals surface area contributed by atoms with Crippen LogP contribution in [-0.4, -0.2) is 40.7 Å². The molecule has 0 N–H and O–H groups in total. The molecule has 1 aliphatic carbocycles. The average Bonchev–Trinajstić information content (AvgIpc) is 3.42. The molecule has 152 valence electrons. The number of nitrogens with zero attached hydrogens (tertiary/aromatic N) is 3. The molecule has 3 rings (SSSR count).